The summed E-state index contributed by atoms with van der Waals surface area (Å²) in [5.74, 6) is -1.21. The number of rotatable bonds is 8. The highest BCUT2D eigenvalue weighted by Gasteiger charge is 2.26. The molecule has 144 valence electrons. The maximum atomic E-state index is 13.7. The Balaban J connectivity index is 2.15. The Morgan fingerprint density at radius 2 is 1.96 bits per heavy atom. The van der Waals surface area contributed by atoms with E-state index in [0.717, 1.165) is 10.0 Å². The molecule has 0 saturated heterocycles. The van der Waals surface area contributed by atoms with Crippen LogP contribution in [0.4, 0.5) is 4.39 Å². The van der Waals surface area contributed by atoms with Gasteiger partial charge in [-0.05, 0) is 43.7 Å². The average Bonchev–Trinajstić information content (AvgIpc) is 2.65. The first-order chi connectivity index (χ1) is 12.9. The molecule has 0 fully saturated rings. The summed E-state index contributed by atoms with van der Waals surface area (Å²) in [5, 5.41) is 2.72. The number of amides is 2. The molecule has 0 aliphatic heterocycles. The number of nitrogens with one attached hydrogen (secondary N) is 1. The molecule has 0 radical (unpaired) electrons. The molecule has 0 bridgehead atoms. The highest BCUT2D eigenvalue weighted by Crippen LogP contribution is 2.18. The number of nitrogens with zero attached hydrogens (tertiary/aromatic N) is 1. The molecular weight excluding hydrogens is 415 g/mol. The van der Waals surface area contributed by atoms with E-state index in [4.69, 9.17) is 4.74 Å². The van der Waals surface area contributed by atoms with Crippen molar-refractivity contribution in [3.8, 4) is 5.75 Å². The number of hydrogen-bond donors (Lipinski definition) is 1. The maximum Gasteiger partial charge on any atom is 0.261 e. The van der Waals surface area contributed by atoms with Crippen LogP contribution in [0, 0.1) is 5.82 Å². The Labute approximate surface area is 166 Å². The first kappa shape index (κ1) is 20.9. The van der Waals surface area contributed by atoms with Gasteiger partial charge in [-0.3, -0.25) is 9.59 Å². The van der Waals surface area contributed by atoms with Gasteiger partial charge in [-0.15, -0.1) is 0 Å². The van der Waals surface area contributed by atoms with E-state index in [-0.39, 0.29) is 24.8 Å². The summed E-state index contributed by atoms with van der Waals surface area (Å²) < 4.78 is 19.9. The molecule has 2 rings (SSSR count). The maximum absolute atomic E-state index is 13.7. The van der Waals surface area contributed by atoms with Gasteiger partial charge in [0.1, 0.15) is 6.04 Å². The normalized spacial score (nSPS) is 11.6. The Morgan fingerprint density at radius 1 is 1.22 bits per heavy atom. The van der Waals surface area contributed by atoms with Crippen LogP contribution in [0.25, 0.3) is 0 Å². The lowest BCUT2D eigenvalue weighted by Crippen LogP contribution is -2.49. The molecule has 0 spiro atoms. The van der Waals surface area contributed by atoms with E-state index < -0.39 is 17.8 Å². The van der Waals surface area contributed by atoms with Gasteiger partial charge >= 0.3 is 0 Å². The van der Waals surface area contributed by atoms with E-state index in [1.807, 2.05) is 31.2 Å². The lowest BCUT2D eigenvalue weighted by molar-refractivity contribution is -0.142. The third-order valence-corrected chi connectivity index (χ3v) is 4.44. The van der Waals surface area contributed by atoms with Gasteiger partial charge in [-0.1, -0.05) is 40.2 Å². The van der Waals surface area contributed by atoms with Crippen molar-refractivity contribution in [2.24, 2.45) is 0 Å². The summed E-state index contributed by atoms with van der Waals surface area (Å²) in [6.07, 6.45) is 0. The number of likely N-dealkylation sites (N-methyl/N-ethyl adjacent to an activating group) is 1. The fraction of sp³-hybridized carbons (Fsp3) is 0.300. The summed E-state index contributed by atoms with van der Waals surface area (Å²) in [6.45, 7) is 3.81. The molecule has 2 aromatic carbocycles. The SMILES string of the molecule is CCNC(=O)C(C)N(Cc1cccc(Br)c1)C(=O)COc1ccccc1F. The van der Waals surface area contributed by atoms with E-state index >= 15 is 0 Å². The molecule has 2 aromatic rings. The van der Waals surface area contributed by atoms with Crippen LogP contribution in [-0.4, -0.2) is 35.9 Å². The number of benzene rings is 2. The molecule has 0 aromatic heterocycles. The first-order valence-electron chi connectivity index (χ1n) is 8.61. The molecular formula is C20H22BrFN2O3. The number of para-hydroxylation sites is 1. The van der Waals surface area contributed by atoms with Gasteiger partial charge in [-0.25, -0.2) is 4.39 Å². The van der Waals surface area contributed by atoms with Gasteiger partial charge in [0.05, 0.1) is 0 Å². The Hall–Kier alpha value is -2.41. The predicted molar refractivity (Wildman–Crippen MR) is 105 cm³/mol. The van der Waals surface area contributed by atoms with Crippen molar-refractivity contribution in [3.63, 3.8) is 0 Å². The molecule has 0 aliphatic rings. The molecule has 0 aliphatic carbocycles. The van der Waals surface area contributed by atoms with Crippen molar-refractivity contribution in [1.82, 2.24) is 10.2 Å². The van der Waals surface area contributed by atoms with Crippen molar-refractivity contribution in [3.05, 3.63) is 64.4 Å². The second kappa shape index (κ2) is 10.1. The number of halogens is 2. The minimum atomic E-state index is -0.694. The summed E-state index contributed by atoms with van der Waals surface area (Å²) in [6, 6.07) is 12.7. The smallest absolute Gasteiger partial charge is 0.261 e. The molecule has 1 unspecified atom stereocenters. The average molecular weight is 437 g/mol. The Morgan fingerprint density at radius 3 is 2.63 bits per heavy atom. The van der Waals surface area contributed by atoms with Crippen LogP contribution >= 0.6 is 15.9 Å². The van der Waals surface area contributed by atoms with Gasteiger partial charge < -0.3 is 15.0 Å². The zero-order chi connectivity index (χ0) is 19.8. The Bertz CT molecular complexity index is 800. The van der Waals surface area contributed by atoms with Crippen LogP contribution in [0.15, 0.2) is 53.0 Å². The molecule has 1 N–H and O–H groups in total. The minimum absolute atomic E-state index is 0.00100. The lowest BCUT2D eigenvalue weighted by atomic mass is 10.1. The summed E-state index contributed by atoms with van der Waals surface area (Å²) >= 11 is 3.40. The third kappa shape index (κ3) is 6.06. The van der Waals surface area contributed by atoms with E-state index in [2.05, 4.69) is 21.2 Å². The topological polar surface area (TPSA) is 58.6 Å². The molecule has 7 heteroatoms. The van der Waals surface area contributed by atoms with Crippen LogP contribution in [0.1, 0.15) is 19.4 Å². The number of carbonyl (C=O) groups excluding carboxylic acids is 2. The van der Waals surface area contributed by atoms with Crippen LogP contribution in [0.5, 0.6) is 5.75 Å². The van der Waals surface area contributed by atoms with Crippen LogP contribution in [0.2, 0.25) is 0 Å². The van der Waals surface area contributed by atoms with Gasteiger partial charge in [0.2, 0.25) is 5.91 Å². The monoisotopic (exact) mass is 436 g/mol. The summed E-state index contributed by atoms with van der Waals surface area (Å²) in [7, 11) is 0. The number of ether oxygens (including phenoxy) is 1. The molecule has 27 heavy (non-hydrogen) atoms. The van der Waals surface area contributed by atoms with E-state index in [0.29, 0.717) is 6.54 Å². The van der Waals surface area contributed by atoms with Crippen LogP contribution in [0.3, 0.4) is 0 Å². The number of carbonyl (C=O) groups is 2. The molecule has 2 amide bonds. The van der Waals surface area contributed by atoms with E-state index in [1.165, 1.54) is 17.0 Å². The minimum Gasteiger partial charge on any atom is -0.481 e. The van der Waals surface area contributed by atoms with Crippen molar-refractivity contribution in [2.75, 3.05) is 13.2 Å². The van der Waals surface area contributed by atoms with Crippen LogP contribution < -0.4 is 10.1 Å². The van der Waals surface area contributed by atoms with Crippen molar-refractivity contribution in [2.45, 2.75) is 26.4 Å². The summed E-state index contributed by atoms with van der Waals surface area (Å²) in [5.41, 5.74) is 0.861. The second-order valence-electron chi connectivity index (χ2n) is 5.94. The standard InChI is InChI=1S/C20H22BrFN2O3/c1-3-23-20(26)14(2)24(12-15-7-6-8-16(21)11-15)19(25)13-27-18-10-5-4-9-17(18)22/h4-11,14H,3,12-13H2,1-2H3,(H,23,26). The van der Waals surface area contributed by atoms with Gasteiger partial charge in [-0.2, -0.15) is 0 Å². The fourth-order valence-corrected chi connectivity index (χ4v) is 2.97. The molecule has 1 atom stereocenters. The van der Waals surface area contributed by atoms with Crippen molar-refractivity contribution >= 4 is 27.7 Å². The third-order valence-electron chi connectivity index (χ3n) is 3.95. The highest BCUT2D eigenvalue weighted by atomic mass is 79.9. The Kier molecular flexibility index (Phi) is 7.79. The summed E-state index contributed by atoms with van der Waals surface area (Å²) in [4.78, 5) is 26.4. The second-order valence-corrected chi connectivity index (χ2v) is 6.86. The van der Waals surface area contributed by atoms with Gasteiger partial charge in [0.15, 0.2) is 18.2 Å². The van der Waals surface area contributed by atoms with Gasteiger partial charge in [0, 0.05) is 17.6 Å². The number of hydrogen-bond acceptors (Lipinski definition) is 3. The molecule has 0 heterocycles. The zero-order valence-electron chi connectivity index (χ0n) is 15.2. The zero-order valence-corrected chi connectivity index (χ0v) is 16.8. The predicted octanol–water partition coefficient (Wildman–Crippen LogP) is 3.52. The van der Waals surface area contributed by atoms with E-state index in [9.17, 15) is 14.0 Å². The van der Waals surface area contributed by atoms with E-state index in [1.54, 1.807) is 19.1 Å². The highest BCUT2D eigenvalue weighted by molar-refractivity contribution is 9.10. The molecule has 0 saturated carbocycles. The quantitative estimate of drug-likeness (QED) is 0.688. The fourth-order valence-electron chi connectivity index (χ4n) is 2.52. The molecule has 5 nitrogen and oxygen atoms in total. The van der Waals surface area contributed by atoms with Crippen LogP contribution in [-0.2, 0) is 16.1 Å². The lowest BCUT2D eigenvalue weighted by Gasteiger charge is -2.28. The van der Waals surface area contributed by atoms with Crippen molar-refractivity contribution in [1.29, 1.82) is 0 Å². The van der Waals surface area contributed by atoms with Gasteiger partial charge in [0.25, 0.3) is 5.91 Å². The van der Waals surface area contributed by atoms with Crippen molar-refractivity contribution < 1.29 is 18.7 Å². The first-order valence-corrected chi connectivity index (χ1v) is 9.40. The largest absolute Gasteiger partial charge is 0.481 e.